The van der Waals surface area contributed by atoms with Crippen molar-refractivity contribution in [2.45, 2.75) is 45.1 Å². The van der Waals surface area contributed by atoms with Crippen molar-refractivity contribution in [3.63, 3.8) is 0 Å². The maximum atomic E-state index is 13.3. The zero-order valence-corrected chi connectivity index (χ0v) is 23.7. The van der Waals surface area contributed by atoms with Crippen LogP contribution in [0.4, 0.5) is 4.39 Å². The van der Waals surface area contributed by atoms with Gasteiger partial charge in [-0.2, -0.15) is 0 Å². The van der Waals surface area contributed by atoms with Gasteiger partial charge in [-0.3, -0.25) is 9.59 Å². The van der Waals surface area contributed by atoms with Crippen LogP contribution < -0.4 is 20.1 Å². The van der Waals surface area contributed by atoms with Gasteiger partial charge < -0.3 is 25.2 Å². The lowest BCUT2D eigenvalue weighted by Gasteiger charge is -2.22. The summed E-state index contributed by atoms with van der Waals surface area (Å²) in [5.41, 5.74) is 3.12. The van der Waals surface area contributed by atoms with E-state index in [0.29, 0.717) is 29.2 Å². The molecule has 0 spiro atoms. The fourth-order valence-corrected chi connectivity index (χ4v) is 4.40. The van der Waals surface area contributed by atoms with Gasteiger partial charge in [-0.15, -0.1) is 0 Å². The Balaban J connectivity index is 1.50. The molecule has 43 heavy (non-hydrogen) atoms. The van der Waals surface area contributed by atoms with E-state index in [4.69, 9.17) is 9.47 Å². The third-order valence-electron chi connectivity index (χ3n) is 6.58. The number of carboxylic acid groups (broad SMARTS) is 1. The number of nitrogens with one attached hydrogen (secondary N) is 2. The second kappa shape index (κ2) is 15.2. The molecule has 9 heteroatoms. The van der Waals surface area contributed by atoms with Crippen molar-refractivity contribution in [2.24, 2.45) is 0 Å². The number of halogens is 1. The highest BCUT2D eigenvalue weighted by molar-refractivity contribution is 5.90. The minimum atomic E-state index is -1.30. The lowest BCUT2D eigenvalue weighted by Crippen LogP contribution is -2.52. The third-order valence-corrected chi connectivity index (χ3v) is 6.58. The van der Waals surface area contributed by atoms with Crippen LogP contribution in [0.5, 0.6) is 11.5 Å². The summed E-state index contributed by atoms with van der Waals surface area (Å²) >= 11 is 0. The number of benzene rings is 4. The van der Waals surface area contributed by atoms with Gasteiger partial charge in [0.05, 0.1) is 0 Å². The zero-order valence-electron chi connectivity index (χ0n) is 23.7. The maximum absolute atomic E-state index is 13.3. The van der Waals surface area contributed by atoms with E-state index in [-0.39, 0.29) is 19.4 Å². The van der Waals surface area contributed by atoms with Crippen molar-refractivity contribution in [3.05, 3.63) is 131 Å². The average Bonchev–Trinajstić information content (AvgIpc) is 3.00. The fourth-order valence-electron chi connectivity index (χ4n) is 4.40. The highest BCUT2D eigenvalue weighted by atomic mass is 19.1. The molecular weight excluding hydrogens is 551 g/mol. The van der Waals surface area contributed by atoms with Crippen molar-refractivity contribution in [1.29, 1.82) is 0 Å². The van der Waals surface area contributed by atoms with Gasteiger partial charge in [0.1, 0.15) is 31.1 Å². The second-order valence-electron chi connectivity index (χ2n) is 10.0. The largest absolute Gasteiger partial charge is 0.485 e. The topological polar surface area (TPSA) is 114 Å². The van der Waals surface area contributed by atoms with Crippen LogP contribution in [-0.2, 0) is 40.4 Å². The molecule has 8 nitrogen and oxygen atoms in total. The van der Waals surface area contributed by atoms with Crippen LogP contribution in [0, 0.1) is 5.82 Å². The molecule has 0 aromatic heterocycles. The Morgan fingerprint density at radius 3 is 1.77 bits per heavy atom. The Hall–Kier alpha value is -5.18. The summed E-state index contributed by atoms with van der Waals surface area (Å²) in [7, 11) is 0. The number of rotatable bonds is 14. The van der Waals surface area contributed by atoms with E-state index in [1.165, 1.54) is 31.2 Å². The highest BCUT2D eigenvalue weighted by Gasteiger charge is 2.27. The smallest absolute Gasteiger partial charge is 0.326 e. The predicted octanol–water partition coefficient (Wildman–Crippen LogP) is 4.84. The fraction of sp³-hybridized carbons (Fsp3) is 0.206. The lowest BCUT2D eigenvalue weighted by atomic mass is 10.0. The van der Waals surface area contributed by atoms with Gasteiger partial charge in [0.25, 0.3) is 0 Å². The molecule has 222 valence electrons. The molecule has 0 bridgehead atoms. The summed E-state index contributed by atoms with van der Waals surface area (Å²) in [4.78, 5) is 37.1. The number of carbonyl (C=O) groups excluding carboxylic acids is 2. The summed E-state index contributed by atoms with van der Waals surface area (Å²) < 4.78 is 25.5. The maximum Gasteiger partial charge on any atom is 0.326 e. The van der Waals surface area contributed by atoms with Crippen LogP contribution in [0.1, 0.15) is 29.2 Å². The van der Waals surface area contributed by atoms with E-state index in [9.17, 15) is 23.9 Å². The summed E-state index contributed by atoms with van der Waals surface area (Å²) in [6.45, 7) is 1.85. The van der Waals surface area contributed by atoms with Gasteiger partial charge >= 0.3 is 5.97 Å². The quantitative estimate of drug-likeness (QED) is 0.195. The molecule has 0 aliphatic rings. The van der Waals surface area contributed by atoms with Crippen LogP contribution in [0.3, 0.4) is 0 Å². The molecule has 0 saturated heterocycles. The number of carbonyl (C=O) groups is 3. The van der Waals surface area contributed by atoms with Gasteiger partial charge in [0.15, 0.2) is 11.5 Å². The molecular formula is C34H33FN2O6. The minimum Gasteiger partial charge on any atom is -0.485 e. The normalized spacial score (nSPS) is 12.0. The summed E-state index contributed by atoms with van der Waals surface area (Å²) in [5, 5.41) is 15.0. The third kappa shape index (κ3) is 9.71. The van der Waals surface area contributed by atoms with Gasteiger partial charge in [0, 0.05) is 19.8 Å². The molecule has 4 aromatic carbocycles. The monoisotopic (exact) mass is 584 g/mol. The Bertz CT molecular complexity index is 1510. The van der Waals surface area contributed by atoms with Crippen molar-refractivity contribution in [2.75, 3.05) is 0 Å². The van der Waals surface area contributed by atoms with Crippen LogP contribution in [-0.4, -0.2) is 35.0 Å². The van der Waals surface area contributed by atoms with Gasteiger partial charge in [0.2, 0.25) is 11.8 Å². The number of ether oxygens (including phenoxy) is 2. The number of hydrogen-bond acceptors (Lipinski definition) is 5. The van der Waals surface area contributed by atoms with Crippen molar-refractivity contribution >= 4 is 17.8 Å². The minimum absolute atomic E-state index is 0.0505. The summed E-state index contributed by atoms with van der Waals surface area (Å²) in [5.74, 6) is -1.88. The first-order chi connectivity index (χ1) is 20.8. The highest BCUT2D eigenvalue weighted by Crippen LogP contribution is 2.30. The lowest BCUT2D eigenvalue weighted by molar-refractivity contribution is -0.142. The Morgan fingerprint density at radius 1 is 0.674 bits per heavy atom. The van der Waals surface area contributed by atoms with Crippen molar-refractivity contribution in [3.8, 4) is 11.5 Å². The SMILES string of the molecule is CC(=O)N[C@H](Cc1ccc(F)cc1)C(=O)N[C@@H](Cc1ccc(OCc2ccccc2)c(OCc2ccccc2)c1)C(=O)O. The Morgan fingerprint density at radius 2 is 1.21 bits per heavy atom. The van der Waals surface area contributed by atoms with Gasteiger partial charge in [-0.25, -0.2) is 9.18 Å². The second-order valence-corrected chi connectivity index (χ2v) is 10.0. The van der Waals surface area contributed by atoms with Gasteiger partial charge in [-0.1, -0.05) is 78.9 Å². The summed E-state index contributed by atoms with van der Waals surface area (Å²) in [6.07, 6.45) is 0.00797. The summed E-state index contributed by atoms with van der Waals surface area (Å²) in [6, 6.07) is 27.6. The zero-order chi connectivity index (χ0) is 30.6. The first-order valence-corrected chi connectivity index (χ1v) is 13.8. The standard InChI is InChI=1S/C34H33FN2O6/c1-23(38)36-29(18-24-12-15-28(35)16-13-24)33(39)37-30(34(40)41)19-27-14-17-31(42-21-25-8-4-2-5-9-25)32(20-27)43-22-26-10-6-3-7-11-26/h2-17,20,29-30H,18-19,21-22H2,1H3,(H,36,38)(H,37,39)(H,40,41)/t29-,30+/m1/s1. The Labute approximate surface area is 249 Å². The Kier molecular flexibility index (Phi) is 10.9. The molecule has 4 aromatic rings. The van der Waals surface area contributed by atoms with Crippen LogP contribution >= 0.6 is 0 Å². The molecule has 0 fully saturated rings. The number of hydrogen-bond donors (Lipinski definition) is 3. The molecule has 0 heterocycles. The van der Waals surface area contributed by atoms with Crippen LogP contribution in [0.2, 0.25) is 0 Å². The van der Waals surface area contributed by atoms with E-state index >= 15 is 0 Å². The van der Waals surface area contributed by atoms with Crippen molar-refractivity contribution < 1.29 is 33.4 Å². The van der Waals surface area contributed by atoms with E-state index in [1.807, 2.05) is 60.7 Å². The van der Waals surface area contributed by atoms with Gasteiger partial charge in [-0.05, 0) is 46.5 Å². The molecule has 0 radical (unpaired) electrons. The van der Waals surface area contributed by atoms with Crippen LogP contribution in [0.15, 0.2) is 103 Å². The molecule has 3 N–H and O–H groups in total. The predicted molar refractivity (Wildman–Crippen MR) is 159 cm³/mol. The average molecular weight is 585 g/mol. The van der Waals surface area contributed by atoms with E-state index < -0.39 is 35.7 Å². The van der Waals surface area contributed by atoms with Crippen molar-refractivity contribution in [1.82, 2.24) is 10.6 Å². The first-order valence-electron chi connectivity index (χ1n) is 13.8. The molecule has 0 saturated carbocycles. The molecule has 0 aliphatic heterocycles. The van der Waals surface area contributed by atoms with Crippen LogP contribution in [0.25, 0.3) is 0 Å². The van der Waals surface area contributed by atoms with E-state index in [0.717, 1.165) is 11.1 Å². The first kappa shape index (κ1) is 30.8. The molecule has 0 unspecified atom stereocenters. The number of amides is 2. The molecule has 2 atom stereocenters. The van der Waals surface area contributed by atoms with E-state index in [2.05, 4.69) is 10.6 Å². The number of carboxylic acids is 1. The molecule has 4 rings (SSSR count). The molecule has 0 aliphatic carbocycles. The van der Waals surface area contributed by atoms with E-state index in [1.54, 1.807) is 18.2 Å². The number of aliphatic carboxylic acids is 1. The molecule has 2 amide bonds.